The summed E-state index contributed by atoms with van der Waals surface area (Å²) in [5.74, 6) is -0.807. The summed E-state index contributed by atoms with van der Waals surface area (Å²) in [6, 6.07) is 0. The molecular formula is C67H121NO8P+. The van der Waals surface area contributed by atoms with Crippen molar-refractivity contribution in [3.05, 3.63) is 85.1 Å². The minimum atomic E-state index is -4.39. The van der Waals surface area contributed by atoms with Crippen molar-refractivity contribution in [3.63, 3.8) is 0 Å². The number of ether oxygens (including phenoxy) is 2. The first kappa shape index (κ1) is 74.2. The standard InChI is InChI=1S/C67H120NO8P/c1-6-8-10-12-14-16-18-20-22-23-24-25-26-27-28-29-30-31-32-33-34-35-36-37-38-39-40-41-42-43-44-45-46-48-50-52-54-56-58-60-67(70)76-65(64-75-77(71,72)74-62-61-68(3,4)5)63-73-66(69)59-57-55-53-51-49-47-21-19-17-15-13-11-9-7-2/h8,10,13-16,19-22,24-25,27-28,65H,6-7,9,11-12,17-18,23,26,29-64H2,1-5H3/p+1/b10-8-,15-13-,16-14-,21-19-,22-20-,25-24-,28-27-. The molecule has 0 spiro atoms. The third-order valence-corrected chi connectivity index (χ3v) is 14.6. The van der Waals surface area contributed by atoms with Gasteiger partial charge < -0.3 is 18.9 Å². The molecule has 0 bridgehead atoms. The molecule has 9 nitrogen and oxygen atoms in total. The highest BCUT2D eigenvalue weighted by Gasteiger charge is 2.27. The number of likely N-dealkylation sites (N-methyl/N-ethyl adjacent to an activating group) is 1. The van der Waals surface area contributed by atoms with Gasteiger partial charge in [0.2, 0.25) is 0 Å². The van der Waals surface area contributed by atoms with Crippen LogP contribution in [0.5, 0.6) is 0 Å². The number of carbonyl (C=O) groups excluding carboxylic acids is 2. The average molecular weight is 1100 g/mol. The molecule has 446 valence electrons. The summed E-state index contributed by atoms with van der Waals surface area (Å²) in [4.78, 5) is 35.7. The first-order valence-corrected chi connectivity index (χ1v) is 33.3. The summed E-state index contributed by atoms with van der Waals surface area (Å²) >= 11 is 0. The van der Waals surface area contributed by atoms with Crippen molar-refractivity contribution in [2.75, 3.05) is 47.5 Å². The Hall–Kier alpha value is -2.81. The van der Waals surface area contributed by atoms with E-state index >= 15 is 0 Å². The topological polar surface area (TPSA) is 108 Å². The Labute approximate surface area is 475 Å². The quantitative estimate of drug-likeness (QED) is 0.0211. The van der Waals surface area contributed by atoms with Crippen LogP contribution in [0.15, 0.2) is 85.1 Å². The molecule has 0 aromatic rings. The molecule has 0 amide bonds. The van der Waals surface area contributed by atoms with Gasteiger partial charge in [-0.2, -0.15) is 0 Å². The number of nitrogens with zero attached hydrogens (tertiary/aromatic N) is 1. The van der Waals surface area contributed by atoms with Crippen molar-refractivity contribution < 1.29 is 42.1 Å². The third-order valence-electron chi connectivity index (χ3n) is 13.7. The Bertz CT molecular complexity index is 1580. The molecule has 0 aliphatic rings. The van der Waals surface area contributed by atoms with Crippen LogP contribution in [0.2, 0.25) is 0 Å². The van der Waals surface area contributed by atoms with Crippen molar-refractivity contribution in [1.29, 1.82) is 0 Å². The van der Waals surface area contributed by atoms with Crippen LogP contribution < -0.4 is 0 Å². The highest BCUT2D eigenvalue weighted by atomic mass is 31.2. The Kier molecular flexibility index (Phi) is 55.8. The number of hydrogen-bond donors (Lipinski definition) is 1. The molecule has 0 saturated carbocycles. The summed E-state index contributed by atoms with van der Waals surface area (Å²) in [7, 11) is 1.47. The van der Waals surface area contributed by atoms with Crippen LogP contribution >= 0.6 is 7.82 Å². The zero-order valence-corrected chi connectivity index (χ0v) is 51.6. The zero-order valence-electron chi connectivity index (χ0n) is 50.7. The predicted molar refractivity (Wildman–Crippen MR) is 330 cm³/mol. The molecule has 0 aromatic heterocycles. The fourth-order valence-electron chi connectivity index (χ4n) is 8.77. The molecule has 0 aliphatic heterocycles. The lowest BCUT2D eigenvalue weighted by atomic mass is 10.0. The summed E-state index contributed by atoms with van der Waals surface area (Å²) < 4.78 is 34.5. The molecule has 1 N–H and O–H groups in total. The van der Waals surface area contributed by atoms with E-state index in [9.17, 15) is 19.0 Å². The van der Waals surface area contributed by atoms with E-state index < -0.39 is 26.5 Å². The summed E-state index contributed by atoms with van der Waals surface area (Å²) in [6.07, 6.45) is 78.3. The Morgan fingerprint density at radius 3 is 1.10 bits per heavy atom. The van der Waals surface area contributed by atoms with Gasteiger partial charge in [0.25, 0.3) is 0 Å². The van der Waals surface area contributed by atoms with Crippen molar-refractivity contribution in [3.8, 4) is 0 Å². The second-order valence-electron chi connectivity index (χ2n) is 22.4. The highest BCUT2D eigenvalue weighted by molar-refractivity contribution is 7.47. The largest absolute Gasteiger partial charge is 0.472 e. The van der Waals surface area contributed by atoms with E-state index in [1.165, 1.54) is 148 Å². The Balaban J connectivity index is 3.92. The van der Waals surface area contributed by atoms with E-state index in [1.54, 1.807) is 0 Å². The number of rotatable bonds is 58. The van der Waals surface area contributed by atoms with Crippen LogP contribution in [-0.4, -0.2) is 74.9 Å². The fourth-order valence-corrected chi connectivity index (χ4v) is 9.51. The molecule has 2 atom stereocenters. The van der Waals surface area contributed by atoms with Gasteiger partial charge in [-0.25, -0.2) is 4.57 Å². The average Bonchev–Trinajstić information content (AvgIpc) is 3.39. The van der Waals surface area contributed by atoms with E-state index in [2.05, 4.69) is 98.9 Å². The summed E-state index contributed by atoms with van der Waals surface area (Å²) in [6.45, 7) is 4.28. The van der Waals surface area contributed by atoms with Crippen LogP contribution in [0.1, 0.15) is 277 Å². The normalized spacial score (nSPS) is 13.8. The highest BCUT2D eigenvalue weighted by Crippen LogP contribution is 2.43. The Morgan fingerprint density at radius 1 is 0.416 bits per heavy atom. The summed E-state index contributed by atoms with van der Waals surface area (Å²) in [5, 5.41) is 0. The number of hydrogen-bond acceptors (Lipinski definition) is 7. The number of quaternary nitrogens is 1. The minimum absolute atomic E-state index is 0.0286. The molecule has 0 fully saturated rings. The molecule has 10 heteroatoms. The number of unbranched alkanes of at least 4 members (excludes halogenated alkanes) is 30. The fraction of sp³-hybridized carbons (Fsp3) is 0.761. The van der Waals surface area contributed by atoms with Gasteiger partial charge in [0.1, 0.15) is 19.8 Å². The van der Waals surface area contributed by atoms with Crippen molar-refractivity contribution >= 4 is 19.8 Å². The van der Waals surface area contributed by atoms with Gasteiger partial charge in [-0.3, -0.25) is 18.6 Å². The molecule has 0 radical (unpaired) electrons. The van der Waals surface area contributed by atoms with Crippen molar-refractivity contribution in [1.82, 2.24) is 0 Å². The monoisotopic (exact) mass is 1100 g/mol. The molecular weight excluding hydrogens is 978 g/mol. The maximum Gasteiger partial charge on any atom is 0.472 e. The lowest BCUT2D eigenvalue weighted by Crippen LogP contribution is -2.37. The molecule has 0 rings (SSSR count). The van der Waals surface area contributed by atoms with E-state index in [4.69, 9.17) is 18.5 Å². The lowest BCUT2D eigenvalue weighted by Gasteiger charge is -2.24. The molecule has 77 heavy (non-hydrogen) atoms. The predicted octanol–water partition coefficient (Wildman–Crippen LogP) is 20.2. The zero-order chi connectivity index (χ0) is 56.3. The van der Waals surface area contributed by atoms with Crippen LogP contribution in [0.3, 0.4) is 0 Å². The van der Waals surface area contributed by atoms with Gasteiger partial charge in [-0.15, -0.1) is 0 Å². The van der Waals surface area contributed by atoms with Crippen LogP contribution in [0, 0.1) is 0 Å². The molecule has 0 aliphatic carbocycles. The molecule has 0 aromatic carbocycles. The van der Waals surface area contributed by atoms with Gasteiger partial charge in [-0.05, 0) is 83.5 Å². The number of esters is 2. The van der Waals surface area contributed by atoms with E-state index in [-0.39, 0.29) is 32.0 Å². The molecule has 0 saturated heterocycles. The van der Waals surface area contributed by atoms with Crippen LogP contribution in [0.4, 0.5) is 0 Å². The van der Waals surface area contributed by atoms with Gasteiger partial charge >= 0.3 is 19.8 Å². The van der Waals surface area contributed by atoms with Gasteiger partial charge in [0.15, 0.2) is 6.10 Å². The second kappa shape index (κ2) is 57.9. The molecule has 0 heterocycles. The summed E-state index contributed by atoms with van der Waals surface area (Å²) in [5.41, 5.74) is 0. The van der Waals surface area contributed by atoms with Gasteiger partial charge in [0, 0.05) is 12.8 Å². The first-order valence-electron chi connectivity index (χ1n) is 31.8. The first-order chi connectivity index (χ1) is 37.5. The molecule has 2 unspecified atom stereocenters. The van der Waals surface area contributed by atoms with Gasteiger partial charge in [0.05, 0.1) is 27.7 Å². The van der Waals surface area contributed by atoms with Crippen LogP contribution in [-0.2, 0) is 32.7 Å². The van der Waals surface area contributed by atoms with E-state index in [0.29, 0.717) is 17.4 Å². The van der Waals surface area contributed by atoms with Crippen molar-refractivity contribution in [2.24, 2.45) is 0 Å². The number of phosphoric acid groups is 1. The smallest absolute Gasteiger partial charge is 0.462 e. The van der Waals surface area contributed by atoms with Gasteiger partial charge in [-0.1, -0.05) is 266 Å². The minimum Gasteiger partial charge on any atom is -0.462 e. The Morgan fingerprint density at radius 2 is 0.740 bits per heavy atom. The number of carbonyl (C=O) groups is 2. The maximum atomic E-state index is 12.8. The van der Waals surface area contributed by atoms with Crippen molar-refractivity contribution in [2.45, 2.75) is 283 Å². The maximum absolute atomic E-state index is 12.8. The number of allylic oxidation sites excluding steroid dienone is 14. The van der Waals surface area contributed by atoms with E-state index in [0.717, 1.165) is 96.3 Å². The SMILES string of the molecule is CC/C=C\C/C=C\C/C=C\C/C=C\C/C=C\CCCCCCCCCCCCCCCCCCCCCCCCCC(=O)OC(COC(=O)CCCCCCC/C=C\C/C=C\CCCC)COP(=O)(O)OCC[N+](C)(C)C. The lowest BCUT2D eigenvalue weighted by molar-refractivity contribution is -0.870. The van der Waals surface area contributed by atoms with E-state index in [1.807, 2.05) is 21.1 Å². The van der Waals surface area contributed by atoms with Crippen LogP contribution in [0.25, 0.3) is 0 Å². The third kappa shape index (κ3) is 62.3. The number of phosphoric ester groups is 1. The second-order valence-corrected chi connectivity index (χ2v) is 23.9.